The van der Waals surface area contributed by atoms with Crippen LogP contribution in [0, 0.1) is 11.3 Å². The van der Waals surface area contributed by atoms with Gasteiger partial charge in [0.15, 0.2) is 0 Å². The van der Waals surface area contributed by atoms with Crippen LogP contribution in [-0.4, -0.2) is 6.61 Å². The Hall–Kier alpha value is -0.0800. The Morgan fingerprint density at radius 1 is 1.55 bits per heavy atom. The van der Waals surface area contributed by atoms with Crippen LogP contribution in [0.3, 0.4) is 0 Å². The lowest BCUT2D eigenvalue weighted by Crippen LogP contribution is -2.21. The van der Waals surface area contributed by atoms with Gasteiger partial charge in [-0.3, -0.25) is 0 Å². The molecule has 1 atom stereocenters. The predicted molar refractivity (Wildman–Crippen MR) is 45.9 cm³/mol. The monoisotopic (exact) mass is 157 g/mol. The molecule has 0 spiro atoms. The molecule has 1 saturated carbocycles. The van der Waals surface area contributed by atoms with Crippen LogP contribution in [0.15, 0.2) is 0 Å². The summed E-state index contributed by atoms with van der Waals surface area (Å²) in [5.41, 5.74) is 0.463. The Morgan fingerprint density at radius 3 is 2.55 bits per heavy atom. The third-order valence-electron chi connectivity index (χ3n) is 3.03. The number of nitrogens with two attached hydrogens (primary N) is 1. The second kappa shape index (κ2) is 3.55. The van der Waals surface area contributed by atoms with Crippen molar-refractivity contribution in [2.24, 2.45) is 17.2 Å². The standard InChI is InChI=1S/C9H19NO/c1-3-4-8(2)9(5-6-9)7-11-10/h8H,3-7,10H2,1-2H3. The molecule has 1 aliphatic carbocycles. The highest BCUT2D eigenvalue weighted by molar-refractivity contribution is 4.96. The van der Waals surface area contributed by atoms with Crippen LogP contribution in [-0.2, 0) is 4.84 Å². The summed E-state index contributed by atoms with van der Waals surface area (Å²) in [5, 5.41) is 0. The molecule has 0 saturated heterocycles. The summed E-state index contributed by atoms with van der Waals surface area (Å²) in [6.45, 7) is 5.31. The average Bonchev–Trinajstić information content (AvgIpc) is 2.71. The highest BCUT2D eigenvalue weighted by Crippen LogP contribution is 2.53. The zero-order valence-corrected chi connectivity index (χ0v) is 7.60. The molecule has 1 rings (SSSR count). The normalized spacial score (nSPS) is 23.2. The first-order chi connectivity index (χ1) is 5.25. The summed E-state index contributed by atoms with van der Waals surface area (Å²) >= 11 is 0. The molecular formula is C9H19NO. The fourth-order valence-electron chi connectivity index (χ4n) is 1.85. The van der Waals surface area contributed by atoms with Crippen LogP contribution in [0.1, 0.15) is 39.5 Å². The summed E-state index contributed by atoms with van der Waals surface area (Å²) < 4.78 is 0. The molecule has 0 amide bonds. The molecule has 0 aromatic carbocycles. The molecule has 2 nitrogen and oxygen atoms in total. The highest BCUT2D eigenvalue weighted by Gasteiger charge is 2.46. The molecule has 1 aliphatic rings. The van der Waals surface area contributed by atoms with Crippen molar-refractivity contribution in [1.29, 1.82) is 0 Å². The summed E-state index contributed by atoms with van der Waals surface area (Å²) in [7, 11) is 0. The molecule has 11 heavy (non-hydrogen) atoms. The second-order valence-electron chi connectivity index (χ2n) is 3.86. The molecule has 0 aromatic rings. The molecule has 0 heterocycles. The number of rotatable bonds is 5. The summed E-state index contributed by atoms with van der Waals surface area (Å²) in [5.74, 6) is 5.88. The first kappa shape index (κ1) is 9.01. The van der Waals surface area contributed by atoms with Crippen molar-refractivity contribution in [2.75, 3.05) is 6.61 Å². The first-order valence-electron chi connectivity index (χ1n) is 4.57. The topological polar surface area (TPSA) is 35.2 Å². The van der Waals surface area contributed by atoms with E-state index in [1.807, 2.05) is 0 Å². The van der Waals surface area contributed by atoms with Crippen molar-refractivity contribution in [2.45, 2.75) is 39.5 Å². The van der Waals surface area contributed by atoms with E-state index in [2.05, 4.69) is 13.8 Å². The average molecular weight is 157 g/mol. The molecule has 0 radical (unpaired) electrons. The second-order valence-corrected chi connectivity index (χ2v) is 3.86. The Balaban J connectivity index is 2.31. The summed E-state index contributed by atoms with van der Waals surface area (Å²) in [4.78, 5) is 4.74. The summed E-state index contributed by atoms with van der Waals surface area (Å²) in [6, 6.07) is 0. The van der Waals surface area contributed by atoms with Crippen LogP contribution < -0.4 is 5.90 Å². The molecule has 1 fully saturated rings. The van der Waals surface area contributed by atoms with Gasteiger partial charge >= 0.3 is 0 Å². The Morgan fingerprint density at radius 2 is 2.18 bits per heavy atom. The Bertz CT molecular complexity index is 121. The number of hydrogen-bond donors (Lipinski definition) is 1. The van der Waals surface area contributed by atoms with E-state index >= 15 is 0 Å². The number of hydrogen-bond acceptors (Lipinski definition) is 2. The van der Waals surface area contributed by atoms with Crippen LogP contribution in [0.4, 0.5) is 0 Å². The zero-order chi connectivity index (χ0) is 8.32. The lowest BCUT2D eigenvalue weighted by atomic mass is 9.88. The van der Waals surface area contributed by atoms with Gasteiger partial charge in [0.25, 0.3) is 0 Å². The maximum atomic E-state index is 5.09. The van der Waals surface area contributed by atoms with Gasteiger partial charge < -0.3 is 4.84 Å². The fraction of sp³-hybridized carbons (Fsp3) is 1.00. The van der Waals surface area contributed by atoms with Crippen LogP contribution >= 0.6 is 0 Å². The van der Waals surface area contributed by atoms with Gasteiger partial charge in [-0.2, -0.15) is 0 Å². The molecule has 2 heteroatoms. The van der Waals surface area contributed by atoms with Gasteiger partial charge in [-0.1, -0.05) is 26.7 Å². The highest BCUT2D eigenvalue weighted by atomic mass is 16.6. The summed E-state index contributed by atoms with van der Waals surface area (Å²) in [6.07, 6.45) is 5.20. The maximum absolute atomic E-state index is 5.09. The quantitative estimate of drug-likeness (QED) is 0.620. The zero-order valence-electron chi connectivity index (χ0n) is 7.60. The SMILES string of the molecule is CCCC(C)C1(CON)CC1. The molecule has 66 valence electrons. The van der Waals surface area contributed by atoms with Crippen molar-refractivity contribution in [3.63, 3.8) is 0 Å². The largest absolute Gasteiger partial charge is 0.304 e. The van der Waals surface area contributed by atoms with E-state index in [9.17, 15) is 0 Å². The van der Waals surface area contributed by atoms with Crippen LogP contribution in [0.25, 0.3) is 0 Å². The van der Waals surface area contributed by atoms with E-state index in [-0.39, 0.29) is 0 Å². The van der Waals surface area contributed by atoms with Crippen molar-refractivity contribution >= 4 is 0 Å². The maximum Gasteiger partial charge on any atom is 0.0738 e. The van der Waals surface area contributed by atoms with E-state index in [0.29, 0.717) is 5.41 Å². The van der Waals surface area contributed by atoms with Gasteiger partial charge in [0.05, 0.1) is 6.61 Å². The molecule has 2 N–H and O–H groups in total. The molecular weight excluding hydrogens is 138 g/mol. The van der Waals surface area contributed by atoms with E-state index in [1.54, 1.807) is 0 Å². The Kier molecular flexibility index (Phi) is 2.90. The van der Waals surface area contributed by atoms with Gasteiger partial charge in [0, 0.05) is 0 Å². The van der Waals surface area contributed by atoms with Gasteiger partial charge in [0.1, 0.15) is 0 Å². The smallest absolute Gasteiger partial charge is 0.0738 e. The van der Waals surface area contributed by atoms with E-state index < -0.39 is 0 Å². The van der Waals surface area contributed by atoms with Gasteiger partial charge in [-0.05, 0) is 24.2 Å². The van der Waals surface area contributed by atoms with Crippen molar-refractivity contribution in [1.82, 2.24) is 0 Å². The lowest BCUT2D eigenvalue weighted by Gasteiger charge is -2.21. The van der Waals surface area contributed by atoms with Gasteiger partial charge in [-0.25, -0.2) is 5.90 Å². The predicted octanol–water partition coefficient (Wildman–Crippen LogP) is 2.09. The lowest BCUT2D eigenvalue weighted by molar-refractivity contribution is 0.0662. The molecule has 0 aliphatic heterocycles. The van der Waals surface area contributed by atoms with E-state index in [0.717, 1.165) is 12.5 Å². The van der Waals surface area contributed by atoms with E-state index in [1.165, 1.54) is 25.7 Å². The van der Waals surface area contributed by atoms with Gasteiger partial charge in [0.2, 0.25) is 0 Å². The Labute approximate surface area is 69.1 Å². The van der Waals surface area contributed by atoms with Crippen LogP contribution in [0.2, 0.25) is 0 Å². The van der Waals surface area contributed by atoms with Crippen molar-refractivity contribution in [3.8, 4) is 0 Å². The minimum absolute atomic E-state index is 0.463. The third-order valence-corrected chi connectivity index (χ3v) is 3.03. The molecule has 0 bridgehead atoms. The minimum Gasteiger partial charge on any atom is -0.304 e. The molecule has 1 unspecified atom stereocenters. The van der Waals surface area contributed by atoms with Crippen molar-refractivity contribution in [3.05, 3.63) is 0 Å². The third kappa shape index (κ3) is 1.94. The fourth-order valence-corrected chi connectivity index (χ4v) is 1.85. The van der Waals surface area contributed by atoms with Crippen molar-refractivity contribution < 1.29 is 4.84 Å². The minimum atomic E-state index is 0.463. The molecule has 0 aromatic heterocycles. The van der Waals surface area contributed by atoms with Gasteiger partial charge in [-0.15, -0.1) is 0 Å². The van der Waals surface area contributed by atoms with E-state index in [4.69, 9.17) is 10.7 Å². The van der Waals surface area contributed by atoms with Crippen LogP contribution in [0.5, 0.6) is 0 Å². The first-order valence-corrected chi connectivity index (χ1v) is 4.57.